The highest BCUT2D eigenvalue weighted by Gasteiger charge is 2.15. The molecular formula is C12H11ClFN3O2S. The second-order valence-corrected chi connectivity index (χ2v) is 5.93. The van der Waals surface area contributed by atoms with Crippen molar-refractivity contribution in [2.45, 2.75) is 4.90 Å². The lowest BCUT2D eigenvalue weighted by atomic mass is 10.2. The number of primary sulfonamides is 1. The Bertz CT molecular complexity index is 765. The van der Waals surface area contributed by atoms with E-state index in [1.54, 1.807) is 6.07 Å². The smallest absolute Gasteiger partial charge is 0.240 e. The van der Waals surface area contributed by atoms with Crippen LogP contribution in [0.15, 0.2) is 41.3 Å². The molecule has 0 bridgehead atoms. The third-order valence-electron chi connectivity index (χ3n) is 2.59. The highest BCUT2D eigenvalue weighted by atomic mass is 35.5. The molecule has 0 aromatic heterocycles. The lowest BCUT2D eigenvalue weighted by Gasteiger charge is -2.12. The number of hydrogen-bond donors (Lipinski definition) is 3. The first-order valence-electron chi connectivity index (χ1n) is 5.43. The molecule has 0 saturated heterocycles. The van der Waals surface area contributed by atoms with Gasteiger partial charge in [0.05, 0.1) is 22.1 Å². The van der Waals surface area contributed by atoms with E-state index < -0.39 is 15.8 Å². The molecule has 0 radical (unpaired) electrons. The number of halogens is 2. The van der Waals surface area contributed by atoms with Gasteiger partial charge in [0.25, 0.3) is 0 Å². The van der Waals surface area contributed by atoms with Gasteiger partial charge in [-0.05, 0) is 24.3 Å². The van der Waals surface area contributed by atoms with Crippen LogP contribution in [0.5, 0.6) is 0 Å². The molecule has 0 fully saturated rings. The summed E-state index contributed by atoms with van der Waals surface area (Å²) in [5.41, 5.74) is 5.94. The first kappa shape index (κ1) is 14.6. The molecule has 0 aliphatic heterocycles. The van der Waals surface area contributed by atoms with Gasteiger partial charge in [-0.2, -0.15) is 0 Å². The Labute approximate surface area is 120 Å². The molecule has 5 nitrogen and oxygen atoms in total. The number of sulfonamides is 1. The van der Waals surface area contributed by atoms with E-state index in [4.69, 9.17) is 22.5 Å². The quantitative estimate of drug-likeness (QED) is 0.758. The van der Waals surface area contributed by atoms with Gasteiger partial charge in [-0.25, -0.2) is 17.9 Å². The summed E-state index contributed by atoms with van der Waals surface area (Å²) < 4.78 is 36.5. The van der Waals surface area contributed by atoms with Gasteiger partial charge in [-0.3, -0.25) is 0 Å². The van der Waals surface area contributed by atoms with Crippen molar-refractivity contribution in [3.8, 4) is 0 Å². The van der Waals surface area contributed by atoms with Crippen LogP contribution in [-0.4, -0.2) is 8.42 Å². The number of nitrogens with one attached hydrogen (secondary N) is 1. The molecule has 0 unspecified atom stereocenters. The van der Waals surface area contributed by atoms with Crippen LogP contribution in [-0.2, 0) is 10.0 Å². The van der Waals surface area contributed by atoms with Crippen LogP contribution in [0.3, 0.4) is 0 Å². The van der Waals surface area contributed by atoms with Gasteiger partial charge in [0, 0.05) is 0 Å². The zero-order chi connectivity index (χ0) is 14.9. The Morgan fingerprint density at radius 3 is 2.35 bits per heavy atom. The number of benzene rings is 2. The summed E-state index contributed by atoms with van der Waals surface area (Å²) in [5, 5.41) is 7.67. The number of hydrogen-bond acceptors (Lipinski definition) is 4. The molecule has 0 aliphatic carbocycles. The van der Waals surface area contributed by atoms with Crippen LogP contribution >= 0.6 is 11.6 Å². The van der Waals surface area contributed by atoms with E-state index in [1.807, 2.05) is 0 Å². The molecule has 5 N–H and O–H groups in total. The summed E-state index contributed by atoms with van der Waals surface area (Å²) >= 11 is 5.66. The van der Waals surface area contributed by atoms with Crippen LogP contribution in [0.25, 0.3) is 0 Å². The van der Waals surface area contributed by atoms with Gasteiger partial charge in [-0.1, -0.05) is 23.7 Å². The molecule has 2 rings (SSSR count). The van der Waals surface area contributed by atoms with Crippen molar-refractivity contribution in [2.75, 3.05) is 11.1 Å². The van der Waals surface area contributed by atoms with Crippen molar-refractivity contribution >= 4 is 38.7 Å². The highest BCUT2D eigenvalue weighted by molar-refractivity contribution is 7.89. The molecule has 0 saturated carbocycles. The SMILES string of the molecule is Nc1c(Nc2cccc(Cl)c2F)cccc1S(N)(=O)=O. The van der Waals surface area contributed by atoms with Crippen molar-refractivity contribution in [3.63, 3.8) is 0 Å². The molecular weight excluding hydrogens is 305 g/mol. The maximum absolute atomic E-state index is 13.8. The first-order valence-corrected chi connectivity index (χ1v) is 7.35. The zero-order valence-electron chi connectivity index (χ0n) is 10.1. The lowest BCUT2D eigenvalue weighted by Crippen LogP contribution is -2.15. The number of nitrogens with two attached hydrogens (primary N) is 2. The van der Waals surface area contributed by atoms with Gasteiger partial charge in [0.1, 0.15) is 4.90 Å². The highest BCUT2D eigenvalue weighted by Crippen LogP contribution is 2.31. The summed E-state index contributed by atoms with van der Waals surface area (Å²) in [6.45, 7) is 0. The maximum atomic E-state index is 13.8. The Morgan fingerprint density at radius 2 is 1.70 bits per heavy atom. The van der Waals surface area contributed by atoms with Gasteiger partial charge in [0.15, 0.2) is 5.82 Å². The second kappa shape index (κ2) is 5.28. The molecule has 0 atom stereocenters. The predicted molar refractivity (Wildman–Crippen MR) is 76.9 cm³/mol. The largest absolute Gasteiger partial charge is 0.396 e. The predicted octanol–water partition coefficient (Wildman–Crippen LogP) is 2.45. The van der Waals surface area contributed by atoms with E-state index in [2.05, 4.69) is 5.32 Å². The number of rotatable bonds is 3. The monoisotopic (exact) mass is 315 g/mol. The minimum Gasteiger partial charge on any atom is -0.396 e. The molecule has 20 heavy (non-hydrogen) atoms. The third kappa shape index (κ3) is 2.84. The van der Waals surface area contributed by atoms with Crippen molar-refractivity contribution in [3.05, 3.63) is 47.2 Å². The van der Waals surface area contributed by atoms with Gasteiger partial charge in [0.2, 0.25) is 10.0 Å². The molecule has 2 aromatic carbocycles. The Hall–Kier alpha value is -1.83. The van der Waals surface area contributed by atoms with E-state index in [1.165, 1.54) is 30.3 Å². The maximum Gasteiger partial charge on any atom is 0.240 e. The number of nitrogen functional groups attached to an aromatic ring is 1. The van der Waals surface area contributed by atoms with Crippen molar-refractivity contribution in [1.82, 2.24) is 0 Å². The summed E-state index contributed by atoms with van der Waals surface area (Å²) in [6, 6.07) is 8.61. The Kier molecular flexibility index (Phi) is 3.85. The van der Waals surface area contributed by atoms with Crippen LogP contribution in [0.4, 0.5) is 21.5 Å². The average molecular weight is 316 g/mol. The third-order valence-corrected chi connectivity index (χ3v) is 3.85. The molecule has 106 valence electrons. The fourth-order valence-corrected chi connectivity index (χ4v) is 2.51. The lowest BCUT2D eigenvalue weighted by molar-refractivity contribution is 0.598. The second-order valence-electron chi connectivity index (χ2n) is 3.99. The van der Waals surface area contributed by atoms with Crippen molar-refractivity contribution in [2.24, 2.45) is 5.14 Å². The molecule has 8 heteroatoms. The van der Waals surface area contributed by atoms with E-state index in [0.717, 1.165) is 0 Å². The van der Waals surface area contributed by atoms with Gasteiger partial charge >= 0.3 is 0 Å². The van der Waals surface area contributed by atoms with Gasteiger partial charge in [-0.15, -0.1) is 0 Å². The minimum absolute atomic E-state index is 0.0591. The van der Waals surface area contributed by atoms with E-state index in [0.29, 0.717) is 0 Å². The molecule has 0 spiro atoms. The average Bonchev–Trinajstić information content (AvgIpc) is 2.36. The van der Waals surface area contributed by atoms with Crippen molar-refractivity contribution < 1.29 is 12.8 Å². The molecule has 0 heterocycles. The molecule has 0 aliphatic rings. The van der Waals surface area contributed by atoms with Crippen LogP contribution in [0, 0.1) is 5.82 Å². The normalized spacial score (nSPS) is 11.3. The number of anilines is 3. The minimum atomic E-state index is -3.95. The Morgan fingerprint density at radius 1 is 1.10 bits per heavy atom. The fraction of sp³-hybridized carbons (Fsp3) is 0. The molecule has 2 aromatic rings. The number of para-hydroxylation sites is 1. The van der Waals surface area contributed by atoms with E-state index in [-0.39, 0.29) is 27.0 Å². The van der Waals surface area contributed by atoms with E-state index >= 15 is 0 Å². The summed E-state index contributed by atoms with van der Waals surface area (Å²) in [5.74, 6) is -0.658. The zero-order valence-corrected chi connectivity index (χ0v) is 11.7. The molecule has 0 amide bonds. The summed E-state index contributed by atoms with van der Waals surface area (Å²) in [4.78, 5) is -0.232. The van der Waals surface area contributed by atoms with E-state index in [9.17, 15) is 12.8 Å². The summed E-state index contributed by atoms with van der Waals surface area (Å²) in [6.07, 6.45) is 0. The van der Waals surface area contributed by atoms with Gasteiger partial charge < -0.3 is 11.1 Å². The van der Waals surface area contributed by atoms with Crippen molar-refractivity contribution in [1.29, 1.82) is 0 Å². The Balaban J connectivity index is 2.48. The van der Waals surface area contributed by atoms with Crippen LogP contribution in [0.2, 0.25) is 5.02 Å². The summed E-state index contributed by atoms with van der Waals surface area (Å²) in [7, 11) is -3.95. The van der Waals surface area contributed by atoms with Crippen LogP contribution in [0.1, 0.15) is 0 Å². The van der Waals surface area contributed by atoms with Crippen LogP contribution < -0.4 is 16.2 Å². The topological polar surface area (TPSA) is 98.2 Å². The standard InChI is InChI=1S/C12H11ClFN3O2S/c13-7-3-1-4-8(11(7)14)17-9-5-2-6-10(12(9)15)20(16,18)19/h1-6,17H,15H2,(H2,16,18,19). The fourth-order valence-electron chi connectivity index (χ4n) is 1.65. The first-order chi connectivity index (χ1) is 9.30.